The highest BCUT2D eigenvalue weighted by molar-refractivity contribution is 5.87. The topological polar surface area (TPSA) is 80.2 Å². The summed E-state index contributed by atoms with van der Waals surface area (Å²) in [5.41, 5.74) is 11.5. The maximum Gasteiger partial charge on any atom is 0.119 e. The summed E-state index contributed by atoms with van der Waals surface area (Å²) in [5, 5.41) is 20.8. The van der Waals surface area contributed by atoms with Gasteiger partial charge < -0.3 is 39.4 Å². The minimum Gasteiger partial charge on any atom is -0.497 e. The first-order chi connectivity index (χ1) is 24.1. The van der Waals surface area contributed by atoms with Gasteiger partial charge in [0.25, 0.3) is 0 Å². The van der Waals surface area contributed by atoms with Gasteiger partial charge in [0.2, 0.25) is 0 Å². The van der Waals surface area contributed by atoms with Crippen LogP contribution in [0.5, 0.6) is 11.5 Å². The van der Waals surface area contributed by atoms with E-state index in [2.05, 4.69) is 74.7 Å². The van der Waals surface area contributed by atoms with Crippen molar-refractivity contribution < 1.29 is 19.3 Å². The van der Waals surface area contributed by atoms with E-state index in [-0.39, 0.29) is 5.92 Å². The van der Waals surface area contributed by atoms with E-state index in [0.717, 1.165) is 102 Å². The number of nitrogens with one attached hydrogen (secondary N) is 2. The molecule has 49 heavy (non-hydrogen) atoms. The van der Waals surface area contributed by atoms with Gasteiger partial charge in [0, 0.05) is 74.1 Å². The lowest BCUT2D eigenvalue weighted by molar-refractivity contribution is 0.143. The fourth-order valence-electron chi connectivity index (χ4n) is 8.40. The van der Waals surface area contributed by atoms with Gasteiger partial charge in [0.15, 0.2) is 0 Å². The number of anilines is 1. The average Bonchev–Trinajstić information content (AvgIpc) is 3.46. The Balaban J connectivity index is 1.17. The molecule has 3 aliphatic heterocycles. The lowest BCUT2D eigenvalue weighted by Crippen LogP contribution is -2.32. The van der Waals surface area contributed by atoms with Crippen molar-refractivity contribution in [2.75, 3.05) is 59.0 Å². The molecule has 1 fully saturated rings. The molecule has 3 unspecified atom stereocenters. The normalized spacial score (nSPS) is 19.5. The number of aliphatic hydroxyl groups is 1. The highest BCUT2D eigenvalue weighted by Gasteiger charge is 2.33. The van der Waals surface area contributed by atoms with E-state index in [0.29, 0.717) is 19.2 Å². The number of rotatable bonds is 8. The number of benzene rings is 4. The number of ether oxygens (including phenoxy) is 3. The summed E-state index contributed by atoms with van der Waals surface area (Å²) in [4.78, 5) is 2.58. The van der Waals surface area contributed by atoms with Gasteiger partial charge in [-0.1, -0.05) is 24.3 Å². The molecule has 0 spiro atoms. The Labute approximate surface area is 288 Å². The van der Waals surface area contributed by atoms with Gasteiger partial charge in [0.1, 0.15) is 11.5 Å². The Morgan fingerprint density at radius 2 is 1.57 bits per heavy atom. The molecule has 0 aliphatic carbocycles. The average molecular weight is 659 g/mol. The van der Waals surface area contributed by atoms with Crippen LogP contribution in [0.25, 0.3) is 33.2 Å². The molecule has 3 N–H and O–H groups in total. The highest BCUT2D eigenvalue weighted by atomic mass is 16.5. The number of aromatic nitrogens is 1. The first kappa shape index (κ1) is 31.9. The first-order valence-corrected chi connectivity index (χ1v) is 17.5. The summed E-state index contributed by atoms with van der Waals surface area (Å²) in [6.07, 6.45) is 1.48. The fourth-order valence-corrected chi connectivity index (χ4v) is 8.40. The van der Waals surface area contributed by atoms with Crippen LogP contribution < -0.4 is 25.0 Å². The smallest absolute Gasteiger partial charge is 0.119 e. The molecule has 1 saturated heterocycles. The van der Waals surface area contributed by atoms with Crippen LogP contribution in [0.3, 0.4) is 0 Å². The molecular weight excluding hydrogens is 612 g/mol. The third-order valence-corrected chi connectivity index (χ3v) is 10.9. The zero-order valence-corrected chi connectivity index (χ0v) is 28.7. The zero-order valence-electron chi connectivity index (χ0n) is 28.7. The third-order valence-electron chi connectivity index (χ3n) is 10.9. The summed E-state index contributed by atoms with van der Waals surface area (Å²) < 4.78 is 19.1. The van der Waals surface area contributed by atoms with E-state index in [4.69, 9.17) is 14.2 Å². The van der Waals surface area contributed by atoms with Crippen LogP contribution in [0.1, 0.15) is 40.8 Å². The van der Waals surface area contributed by atoms with Crippen molar-refractivity contribution in [2.24, 2.45) is 0 Å². The van der Waals surface area contributed by atoms with E-state index < -0.39 is 6.10 Å². The summed E-state index contributed by atoms with van der Waals surface area (Å²) in [7, 11) is 5.10. The van der Waals surface area contributed by atoms with Crippen LogP contribution in [0.15, 0.2) is 78.9 Å². The van der Waals surface area contributed by atoms with Crippen molar-refractivity contribution >= 4 is 16.6 Å². The van der Waals surface area contributed by atoms with Crippen LogP contribution in [0.2, 0.25) is 0 Å². The van der Waals surface area contributed by atoms with E-state index in [1.807, 2.05) is 24.3 Å². The molecule has 0 bridgehead atoms. The number of hydrogen-bond acceptors (Lipinski definition) is 7. The van der Waals surface area contributed by atoms with E-state index in [9.17, 15) is 5.11 Å². The minimum atomic E-state index is -0.748. The second-order valence-electron chi connectivity index (χ2n) is 13.6. The summed E-state index contributed by atoms with van der Waals surface area (Å²) in [6.45, 7) is 5.98. The van der Waals surface area contributed by atoms with Crippen molar-refractivity contribution in [3.63, 3.8) is 0 Å². The van der Waals surface area contributed by atoms with Gasteiger partial charge in [-0.2, -0.15) is 0 Å². The van der Waals surface area contributed by atoms with Crippen molar-refractivity contribution in [2.45, 2.75) is 44.1 Å². The number of hydrogen-bond donors (Lipinski definition) is 3. The standard InChI is InChI=1S/C41H46N4O4/c1-47-25-30-21-32(48-2)6-8-34(30)26-4-11-39-29(18-26)22-40-37(24-43-15-17-45(39)40)41(46)36-23-33(49-3)7-9-35(36)27-5-10-38-28(19-27)20-31-12-13-42-14-16-44(31)38/h4-11,18-19,21-23,31,37,41-43,46H,12-17,20,24-25H2,1-3H3. The monoisotopic (exact) mass is 658 g/mol. The van der Waals surface area contributed by atoms with Gasteiger partial charge >= 0.3 is 0 Å². The van der Waals surface area contributed by atoms with Gasteiger partial charge in [-0.05, 0) is 113 Å². The van der Waals surface area contributed by atoms with E-state index in [1.165, 1.54) is 16.8 Å². The molecule has 254 valence electrons. The van der Waals surface area contributed by atoms with Crippen LogP contribution in [-0.4, -0.2) is 69.8 Å². The van der Waals surface area contributed by atoms with Gasteiger partial charge in [0.05, 0.1) is 26.9 Å². The number of fused-ring (bicyclic) bond motifs is 6. The molecule has 0 radical (unpaired) electrons. The molecule has 0 amide bonds. The number of nitrogens with zero attached hydrogens (tertiary/aromatic N) is 2. The van der Waals surface area contributed by atoms with E-state index >= 15 is 0 Å². The summed E-state index contributed by atoms with van der Waals surface area (Å²) in [6, 6.07) is 28.7. The Hall–Kier alpha value is -4.34. The maximum absolute atomic E-state index is 12.4. The fraction of sp³-hybridized carbons (Fsp3) is 0.366. The van der Waals surface area contributed by atoms with Crippen molar-refractivity contribution in [3.8, 4) is 33.8 Å². The van der Waals surface area contributed by atoms with Crippen LogP contribution in [0, 0.1) is 0 Å². The predicted molar refractivity (Wildman–Crippen MR) is 196 cm³/mol. The van der Waals surface area contributed by atoms with Gasteiger partial charge in [-0.25, -0.2) is 0 Å². The first-order valence-electron chi connectivity index (χ1n) is 17.5. The molecule has 4 heterocycles. The molecule has 8 nitrogen and oxygen atoms in total. The van der Waals surface area contributed by atoms with Crippen molar-refractivity contribution in [3.05, 3.63) is 101 Å². The lowest BCUT2D eigenvalue weighted by Gasteiger charge is -2.26. The molecule has 5 aromatic rings. The van der Waals surface area contributed by atoms with Crippen LogP contribution in [0.4, 0.5) is 5.69 Å². The van der Waals surface area contributed by atoms with Gasteiger partial charge in [-0.3, -0.25) is 0 Å². The Kier molecular flexibility index (Phi) is 8.80. The highest BCUT2D eigenvalue weighted by Crippen LogP contribution is 2.43. The summed E-state index contributed by atoms with van der Waals surface area (Å²) >= 11 is 0. The lowest BCUT2D eigenvalue weighted by atomic mass is 9.87. The second kappa shape index (κ2) is 13.5. The second-order valence-corrected chi connectivity index (χ2v) is 13.6. The Bertz CT molecular complexity index is 1990. The third kappa shape index (κ3) is 5.87. The molecule has 8 rings (SSSR count). The molecule has 3 aliphatic rings. The summed E-state index contributed by atoms with van der Waals surface area (Å²) in [5.74, 6) is 1.41. The molecule has 0 saturated carbocycles. The quantitative estimate of drug-likeness (QED) is 0.181. The largest absolute Gasteiger partial charge is 0.497 e. The maximum atomic E-state index is 12.4. The Morgan fingerprint density at radius 3 is 2.41 bits per heavy atom. The zero-order chi connectivity index (χ0) is 33.5. The molecular formula is C41H46N4O4. The molecule has 4 aromatic carbocycles. The molecule has 8 heteroatoms. The minimum absolute atomic E-state index is 0.158. The van der Waals surface area contributed by atoms with Gasteiger partial charge in [-0.15, -0.1) is 0 Å². The van der Waals surface area contributed by atoms with Crippen molar-refractivity contribution in [1.29, 1.82) is 0 Å². The SMILES string of the molecule is COCc1cc(OC)ccc1-c1ccc2c(c1)cc1n2CCNCC1C(O)c1cc(OC)ccc1-c1ccc2c(c1)CC1CCNCCN21. The Morgan fingerprint density at radius 1 is 0.796 bits per heavy atom. The van der Waals surface area contributed by atoms with Crippen molar-refractivity contribution in [1.82, 2.24) is 15.2 Å². The molecule has 1 aromatic heterocycles. The number of aliphatic hydroxyl groups excluding tert-OH is 1. The van der Waals surface area contributed by atoms with Crippen LogP contribution in [-0.2, 0) is 24.3 Å². The molecule has 3 atom stereocenters. The van der Waals surface area contributed by atoms with Crippen LogP contribution >= 0.6 is 0 Å². The van der Waals surface area contributed by atoms with E-state index in [1.54, 1.807) is 21.3 Å². The predicted octanol–water partition coefficient (Wildman–Crippen LogP) is 6.28. The number of methoxy groups -OCH3 is 3.